The average Bonchev–Trinajstić information content (AvgIpc) is 2.76. The molecule has 0 aliphatic carbocycles. The van der Waals surface area contributed by atoms with Crippen molar-refractivity contribution in [3.63, 3.8) is 0 Å². The molecule has 146 valence electrons. The summed E-state index contributed by atoms with van der Waals surface area (Å²) in [6.07, 6.45) is 2.15. The Kier molecular flexibility index (Phi) is 7.83. The van der Waals surface area contributed by atoms with Crippen LogP contribution in [0, 0.1) is 0 Å². The van der Waals surface area contributed by atoms with Crippen molar-refractivity contribution >= 4 is 0 Å². The largest absolute Gasteiger partial charge is 0.306 e. The molecular weight excluding hydrogens is 340 g/mol. The van der Waals surface area contributed by atoms with E-state index in [-0.39, 0.29) is 0 Å². The number of benzene rings is 3. The lowest BCUT2D eigenvalue weighted by Gasteiger charge is -2.22. The van der Waals surface area contributed by atoms with Gasteiger partial charge < -0.3 is 10.6 Å². The highest BCUT2D eigenvalue weighted by Gasteiger charge is 2.13. The van der Waals surface area contributed by atoms with Gasteiger partial charge in [-0.25, -0.2) is 0 Å². The van der Waals surface area contributed by atoms with Crippen LogP contribution in [0.1, 0.15) is 61.0 Å². The van der Waals surface area contributed by atoms with Crippen LogP contribution < -0.4 is 10.6 Å². The van der Waals surface area contributed by atoms with Gasteiger partial charge >= 0.3 is 0 Å². The maximum atomic E-state index is 3.72. The van der Waals surface area contributed by atoms with E-state index in [9.17, 15) is 0 Å². The summed E-state index contributed by atoms with van der Waals surface area (Å²) >= 11 is 0. The van der Waals surface area contributed by atoms with Crippen molar-refractivity contribution in [1.82, 2.24) is 10.6 Å². The normalized spacial score (nSPS) is 13.2. The molecule has 2 unspecified atom stereocenters. The van der Waals surface area contributed by atoms with E-state index in [2.05, 4.69) is 109 Å². The minimum atomic E-state index is 0.367. The first kappa shape index (κ1) is 20.3. The van der Waals surface area contributed by atoms with E-state index in [1.54, 1.807) is 0 Å². The SMILES string of the molecule is CCC(NCc1ccccc1)c1cccc(C(CC)NCc2ccccc2)c1. The molecule has 0 saturated carbocycles. The number of hydrogen-bond donors (Lipinski definition) is 2. The minimum Gasteiger partial charge on any atom is -0.306 e. The molecule has 28 heavy (non-hydrogen) atoms. The number of hydrogen-bond acceptors (Lipinski definition) is 2. The molecule has 3 aromatic rings. The van der Waals surface area contributed by atoms with Crippen molar-refractivity contribution in [2.75, 3.05) is 0 Å². The standard InChI is InChI=1S/C26H32N2/c1-3-25(27-19-21-12-7-5-8-13-21)23-16-11-17-24(18-23)26(4-2)28-20-22-14-9-6-10-15-22/h5-18,25-28H,3-4,19-20H2,1-2H3. The summed E-state index contributed by atoms with van der Waals surface area (Å²) in [5.41, 5.74) is 5.40. The zero-order chi connectivity index (χ0) is 19.6. The molecule has 0 radical (unpaired) electrons. The Morgan fingerprint density at radius 2 is 1.00 bits per heavy atom. The Bertz CT molecular complexity index is 747. The van der Waals surface area contributed by atoms with Crippen LogP contribution in [-0.4, -0.2) is 0 Å². The molecule has 3 rings (SSSR count). The Labute approximate surface area is 170 Å². The fraction of sp³-hybridized carbons (Fsp3) is 0.308. The second-order valence-corrected chi connectivity index (χ2v) is 7.32. The van der Waals surface area contributed by atoms with Crippen molar-refractivity contribution in [3.05, 3.63) is 107 Å². The molecule has 2 heteroatoms. The Hall–Kier alpha value is -2.42. The summed E-state index contributed by atoms with van der Waals surface area (Å²) < 4.78 is 0. The van der Waals surface area contributed by atoms with E-state index >= 15 is 0 Å². The third-order valence-corrected chi connectivity index (χ3v) is 5.32. The molecule has 0 saturated heterocycles. The van der Waals surface area contributed by atoms with Crippen LogP contribution in [0.4, 0.5) is 0 Å². The van der Waals surface area contributed by atoms with E-state index in [0.29, 0.717) is 12.1 Å². The lowest BCUT2D eigenvalue weighted by atomic mass is 9.97. The Morgan fingerprint density at radius 1 is 0.571 bits per heavy atom. The molecule has 0 aliphatic rings. The van der Waals surface area contributed by atoms with Gasteiger partial charge in [0.05, 0.1) is 0 Å². The molecule has 2 atom stereocenters. The number of rotatable bonds is 10. The van der Waals surface area contributed by atoms with E-state index in [1.807, 2.05) is 0 Å². The van der Waals surface area contributed by atoms with Crippen LogP contribution in [-0.2, 0) is 13.1 Å². The van der Waals surface area contributed by atoms with Gasteiger partial charge in [0.15, 0.2) is 0 Å². The molecule has 0 aliphatic heterocycles. The lowest BCUT2D eigenvalue weighted by molar-refractivity contribution is 0.506. The highest BCUT2D eigenvalue weighted by Crippen LogP contribution is 2.24. The second-order valence-electron chi connectivity index (χ2n) is 7.32. The van der Waals surface area contributed by atoms with Gasteiger partial charge in [-0.3, -0.25) is 0 Å². The third kappa shape index (κ3) is 5.79. The maximum absolute atomic E-state index is 3.72. The molecule has 0 amide bonds. The highest BCUT2D eigenvalue weighted by atomic mass is 14.9. The van der Waals surface area contributed by atoms with Gasteiger partial charge in [0.25, 0.3) is 0 Å². The number of nitrogens with one attached hydrogen (secondary N) is 2. The van der Waals surface area contributed by atoms with Gasteiger partial charge in [-0.05, 0) is 35.1 Å². The van der Waals surface area contributed by atoms with Crippen LogP contribution in [0.25, 0.3) is 0 Å². The molecule has 0 spiro atoms. The van der Waals surface area contributed by atoms with E-state index in [0.717, 1.165) is 25.9 Å². The van der Waals surface area contributed by atoms with Gasteiger partial charge in [0.1, 0.15) is 0 Å². The Balaban J connectivity index is 1.66. The first-order valence-electron chi connectivity index (χ1n) is 10.4. The van der Waals surface area contributed by atoms with Gasteiger partial charge in [-0.1, -0.05) is 98.8 Å². The molecule has 0 fully saturated rings. The van der Waals surface area contributed by atoms with Crippen LogP contribution >= 0.6 is 0 Å². The smallest absolute Gasteiger partial charge is 0.0320 e. The van der Waals surface area contributed by atoms with E-state index in [1.165, 1.54) is 22.3 Å². The molecular formula is C26H32N2. The topological polar surface area (TPSA) is 24.1 Å². The third-order valence-electron chi connectivity index (χ3n) is 5.32. The summed E-state index contributed by atoms with van der Waals surface area (Å²) in [5, 5.41) is 7.45. The molecule has 0 heterocycles. The van der Waals surface area contributed by atoms with E-state index in [4.69, 9.17) is 0 Å². The summed E-state index contributed by atoms with van der Waals surface area (Å²) in [6, 6.07) is 31.0. The van der Waals surface area contributed by atoms with Crippen molar-refractivity contribution in [3.8, 4) is 0 Å². The van der Waals surface area contributed by atoms with Crippen LogP contribution in [0.15, 0.2) is 84.9 Å². The van der Waals surface area contributed by atoms with Gasteiger partial charge in [-0.15, -0.1) is 0 Å². The summed E-state index contributed by atoms with van der Waals surface area (Å²) in [5.74, 6) is 0. The second kappa shape index (κ2) is 10.8. The summed E-state index contributed by atoms with van der Waals surface area (Å²) in [7, 11) is 0. The van der Waals surface area contributed by atoms with Crippen molar-refractivity contribution < 1.29 is 0 Å². The van der Waals surface area contributed by atoms with Crippen LogP contribution in [0.3, 0.4) is 0 Å². The zero-order valence-electron chi connectivity index (χ0n) is 17.1. The first-order valence-corrected chi connectivity index (χ1v) is 10.4. The molecule has 2 N–H and O–H groups in total. The predicted molar refractivity (Wildman–Crippen MR) is 119 cm³/mol. The predicted octanol–water partition coefficient (Wildman–Crippen LogP) is 6.17. The maximum Gasteiger partial charge on any atom is 0.0320 e. The van der Waals surface area contributed by atoms with Crippen LogP contribution in [0.2, 0.25) is 0 Å². The van der Waals surface area contributed by atoms with Gasteiger partial charge in [-0.2, -0.15) is 0 Å². The molecule has 0 aromatic heterocycles. The molecule has 0 bridgehead atoms. The van der Waals surface area contributed by atoms with E-state index < -0.39 is 0 Å². The fourth-order valence-electron chi connectivity index (χ4n) is 3.66. The van der Waals surface area contributed by atoms with Crippen LogP contribution in [0.5, 0.6) is 0 Å². The average molecular weight is 373 g/mol. The first-order chi connectivity index (χ1) is 13.8. The fourth-order valence-corrected chi connectivity index (χ4v) is 3.66. The summed E-state index contributed by atoms with van der Waals surface area (Å²) in [4.78, 5) is 0. The van der Waals surface area contributed by atoms with Gasteiger partial charge in [0, 0.05) is 25.2 Å². The monoisotopic (exact) mass is 372 g/mol. The van der Waals surface area contributed by atoms with Crippen molar-refractivity contribution in [2.45, 2.75) is 51.9 Å². The van der Waals surface area contributed by atoms with Gasteiger partial charge in [0.2, 0.25) is 0 Å². The zero-order valence-corrected chi connectivity index (χ0v) is 17.1. The lowest BCUT2D eigenvalue weighted by Crippen LogP contribution is -2.22. The minimum absolute atomic E-state index is 0.367. The quantitative estimate of drug-likeness (QED) is 0.445. The molecule has 2 nitrogen and oxygen atoms in total. The summed E-state index contributed by atoms with van der Waals surface area (Å²) in [6.45, 7) is 6.29. The van der Waals surface area contributed by atoms with Crippen molar-refractivity contribution in [1.29, 1.82) is 0 Å². The highest BCUT2D eigenvalue weighted by molar-refractivity contribution is 5.29. The molecule has 3 aromatic carbocycles. The van der Waals surface area contributed by atoms with Crippen molar-refractivity contribution in [2.24, 2.45) is 0 Å². The Morgan fingerprint density at radius 3 is 1.39 bits per heavy atom.